The molecule has 2 rings (SSSR count). The Morgan fingerprint density at radius 3 is 2.53 bits per heavy atom. The van der Waals surface area contributed by atoms with Gasteiger partial charge in [-0.25, -0.2) is 0 Å². The molecule has 1 heterocycles. The summed E-state index contributed by atoms with van der Waals surface area (Å²) in [6.45, 7) is 0.932. The van der Waals surface area contributed by atoms with E-state index in [2.05, 4.69) is 0 Å². The summed E-state index contributed by atoms with van der Waals surface area (Å²) >= 11 is 0. The van der Waals surface area contributed by atoms with Crippen molar-refractivity contribution in [2.75, 3.05) is 18.8 Å². The lowest BCUT2D eigenvalue weighted by atomic mass is 10.1. The quantitative estimate of drug-likeness (QED) is 0.670. The first kappa shape index (κ1) is 9.98. The van der Waals surface area contributed by atoms with Crippen molar-refractivity contribution in [3.63, 3.8) is 0 Å². The van der Waals surface area contributed by atoms with Crippen molar-refractivity contribution in [3.05, 3.63) is 29.8 Å². The van der Waals surface area contributed by atoms with Crippen LogP contribution in [0.5, 0.6) is 0 Å². The Hall–Kier alpha value is -1.55. The fourth-order valence-corrected chi connectivity index (χ4v) is 1.58. The van der Waals surface area contributed by atoms with Crippen LogP contribution >= 0.6 is 0 Å². The molecule has 0 saturated carbocycles. The van der Waals surface area contributed by atoms with E-state index in [4.69, 9.17) is 10.8 Å². The van der Waals surface area contributed by atoms with Gasteiger partial charge in [-0.1, -0.05) is 12.1 Å². The smallest absolute Gasteiger partial charge is 0.227 e. The minimum Gasteiger partial charge on any atom is -0.399 e. The highest BCUT2D eigenvalue weighted by atomic mass is 16.3. The van der Waals surface area contributed by atoms with Gasteiger partial charge in [-0.15, -0.1) is 0 Å². The van der Waals surface area contributed by atoms with E-state index in [9.17, 15) is 4.79 Å². The van der Waals surface area contributed by atoms with Crippen molar-refractivity contribution in [1.29, 1.82) is 0 Å². The zero-order chi connectivity index (χ0) is 10.8. The van der Waals surface area contributed by atoms with Gasteiger partial charge in [0.1, 0.15) is 0 Å². The second-order valence-electron chi connectivity index (χ2n) is 3.87. The van der Waals surface area contributed by atoms with Crippen molar-refractivity contribution >= 4 is 11.6 Å². The number of hydrogen-bond donors (Lipinski definition) is 2. The van der Waals surface area contributed by atoms with Gasteiger partial charge in [0.25, 0.3) is 0 Å². The number of nitrogens with two attached hydrogens (primary N) is 1. The maximum atomic E-state index is 11.6. The van der Waals surface area contributed by atoms with Crippen LogP contribution in [0, 0.1) is 0 Å². The molecule has 0 aliphatic carbocycles. The lowest BCUT2D eigenvalue weighted by molar-refractivity contribution is -0.140. The molecule has 1 aromatic carbocycles. The molecule has 1 aliphatic heterocycles. The second-order valence-corrected chi connectivity index (χ2v) is 3.87. The summed E-state index contributed by atoms with van der Waals surface area (Å²) in [5, 5.41) is 9.06. The van der Waals surface area contributed by atoms with E-state index in [0.717, 1.165) is 5.56 Å². The number of carbonyl (C=O) groups is 1. The predicted octanol–water partition coefficient (Wildman–Crippen LogP) is 0.0144. The van der Waals surface area contributed by atoms with E-state index in [1.165, 1.54) is 0 Å². The Bertz CT molecular complexity index is 355. The van der Waals surface area contributed by atoms with Gasteiger partial charge in [-0.05, 0) is 17.7 Å². The number of carbonyl (C=O) groups excluding carboxylic acids is 1. The van der Waals surface area contributed by atoms with Crippen LogP contribution in [-0.2, 0) is 11.2 Å². The molecule has 0 bridgehead atoms. The van der Waals surface area contributed by atoms with Gasteiger partial charge in [0.05, 0.1) is 12.5 Å². The molecule has 80 valence electrons. The molecule has 1 aromatic rings. The summed E-state index contributed by atoms with van der Waals surface area (Å²) in [7, 11) is 0. The van der Waals surface area contributed by atoms with Crippen LogP contribution in [0.25, 0.3) is 0 Å². The van der Waals surface area contributed by atoms with Crippen LogP contribution in [0.3, 0.4) is 0 Å². The molecule has 4 nitrogen and oxygen atoms in total. The largest absolute Gasteiger partial charge is 0.399 e. The maximum absolute atomic E-state index is 11.6. The van der Waals surface area contributed by atoms with Crippen molar-refractivity contribution in [1.82, 2.24) is 4.90 Å². The highest BCUT2D eigenvalue weighted by Gasteiger charge is 2.28. The number of hydrogen-bond acceptors (Lipinski definition) is 3. The molecule has 4 heteroatoms. The Balaban J connectivity index is 1.91. The van der Waals surface area contributed by atoms with Crippen LogP contribution in [-0.4, -0.2) is 35.1 Å². The summed E-state index contributed by atoms with van der Waals surface area (Å²) in [4.78, 5) is 13.3. The molecule has 0 unspecified atom stereocenters. The van der Waals surface area contributed by atoms with Crippen LogP contribution in [0.2, 0.25) is 0 Å². The number of anilines is 1. The molecule has 1 fully saturated rings. The van der Waals surface area contributed by atoms with Crippen LogP contribution < -0.4 is 5.73 Å². The molecule has 0 radical (unpaired) electrons. The van der Waals surface area contributed by atoms with E-state index in [1.54, 1.807) is 17.0 Å². The molecule has 1 amide bonds. The van der Waals surface area contributed by atoms with Crippen LogP contribution in [0.15, 0.2) is 24.3 Å². The number of nitrogen functional groups attached to an aromatic ring is 1. The summed E-state index contributed by atoms with van der Waals surface area (Å²) < 4.78 is 0. The molecular formula is C11H14N2O2. The first-order valence-corrected chi connectivity index (χ1v) is 4.95. The fraction of sp³-hybridized carbons (Fsp3) is 0.364. The van der Waals surface area contributed by atoms with E-state index in [0.29, 0.717) is 25.2 Å². The predicted molar refractivity (Wildman–Crippen MR) is 57.1 cm³/mol. The third-order valence-corrected chi connectivity index (χ3v) is 2.55. The number of likely N-dealkylation sites (tertiary alicyclic amines) is 1. The SMILES string of the molecule is Nc1ccc(CC(=O)N2CC(O)C2)cc1. The first-order valence-electron chi connectivity index (χ1n) is 4.95. The topological polar surface area (TPSA) is 66.6 Å². The Morgan fingerprint density at radius 2 is 2.00 bits per heavy atom. The van der Waals surface area contributed by atoms with Crippen LogP contribution in [0.1, 0.15) is 5.56 Å². The second kappa shape index (κ2) is 3.90. The number of aliphatic hydroxyl groups is 1. The number of amides is 1. The molecule has 0 spiro atoms. The van der Waals surface area contributed by atoms with Crippen molar-refractivity contribution in [2.24, 2.45) is 0 Å². The summed E-state index contributed by atoms with van der Waals surface area (Å²) in [6, 6.07) is 7.27. The lowest BCUT2D eigenvalue weighted by Crippen LogP contribution is -2.53. The lowest BCUT2D eigenvalue weighted by Gasteiger charge is -2.35. The van der Waals surface area contributed by atoms with Gasteiger partial charge < -0.3 is 15.7 Å². The van der Waals surface area contributed by atoms with E-state index >= 15 is 0 Å². The summed E-state index contributed by atoms with van der Waals surface area (Å²) in [5.74, 6) is 0.0603. The number of rotatable bonds is 2. The number of nitrogens with zero attached hydrogens (tertiary/aromatic N) is 1. The molecule has 0 aromatic heterocycles. The van der Waals surface area contributed by atoms with Gasteiger partial charge in [0.15, 0.2) is 0 Å². The highest BCUT2D eigenvalue weighted by molar-refractivity contribution is 5.79. The Kier molecular flexibility index (Phi) is 2.60. The summed E-state index contributed by atoms with van der Waals surface area (Å²) in [5.41, 5.74) is 7.20. The highest BCUT2D eigenvalue weighted by Crippen LogP contribution is 2.12. The van der Waals surface area contributed by atoms with Gasteiger partial charge in [-0.3, -0.25) is 4.79 Å². The Labute approximate surface area is 88.3 Å². The standard InChI is InChI=1S/C11H14N2O2/c12-9-3-1-8(2-4-9)5-11(15)13-6-10(14)7-13/h1-4,10,14H,5-7,12H2. The zero-order valence-electron chi connectivity index (χ0n) is 8.39. The maximum Gasteiger partial charge on any atom is 0.227 e. The van der Waals surface area contributed by atoms with E-state index < -0.39 is 0 Å². The average molecular weight is 206 g/mol. The molecule has 1 saturated heterocycles. The molecule has 15 heavy (non-hydrogen) atoms. The molecule has 0 atom stereocenters. The number of β-amino-alcohol motifs (C(OH)–C–C–N with tert-alkyl or cyclic N) is 1. The monoisotopic (exact) mass is 206 g/mol. The van der Waals surface area contributed by atoms with Gasteiger partial charge >= 0.3 is 0 Å². The minimum atomic E-state index is -0.333. The van der Waals surface area contributed by atoms with Crippen molar-refractivity contribution < 1.29 is 9.90 Å². The van der Waals surface area contributed by atoms with Crippen LogP contribution in [0.4, 0.5) is 5.69 Å². The molecule has 3 N–H and O–H groups in total. The third kappa shape index (κ3) is 2.27. The minimum absolute atomic E-state index is 0.0603. The number of aliphatic hydroxyl groups excluding tert-OH is 1. The molecule has 1 aliphatic rings. The first-order chi connectivity index (χ1) is 7.15. The third-order valence-electron chi connectivity index (χ3n) is 2.55. The fourth-order valence-electron chi connectivity index (χ4n) is 1.58. The average Bonchev–Trinajstić information content (AvgIpc) is 2.17. The Morgan fingerprint density at radius 1 is 1.40 bits per heavy atom. The van der Waals surface area contributed by atoms with Crippen molar-refractivity contribution in [3.8, 4) is 0 Å². The zero-order valence-corrected chi connectivity index (χ0v) is 8.39. The number of benzene rings is 1. The van der Waals surface area contributed by atoms with Gasteiger partial charge in [-0.2, -0.15) is 0 Å². The van der Waals surface area contributed by atoms with E-state index in [1.807, 2.05) is 12.1 Å². The van der Waals surface area contributed by atoms with Gasteiger partial charge in [0, 0.05) is 18.8 Å². The van der Waals surface area contributed by atoms with E-state index in [-0.39, 0.29) is 12.0 Å². The normalized spacial score (nSPS) is 16.2. The summed E-state index contributed by atoms with van der Waals surface area (Å²) in [6.07, 6.45) is 0.0490. The van der Waals surface area contributed by atoms with Gasteiger partial charge in [0.2, 0.25) is 5.91 Å². The molecular weight excluding hydrogens is 192 g/mol. The van der Waals surface area contributed by atoms with Crippen molar-refractivity contribution in [2.45, 2.75) is 12.5 Å².